The topological polar surface area (TPSA) is 0 Å². The van der Waals surface area contributed by atoms with Gasteiger partial charge in [0.05, 0.1) is 0 Å². The van der Waals surface area contributed by atoms with Crippen molar-refractivity contribution in [1.82, 2.24) is 0 Å². The molecule has 0 bridgehead atoms. The van der Waals surface area contributed by atoms with E-state index in [1.54, 1.807) is 0 Å². The summed E-state index contributed by atoms with van der Waals surface area (Å²) >= 11 is 0. The third-order valence-corrected chi connectivity index (χ3v) is 6.47. The Bertz CT molecular complexity index is 1560. The molecule has 0 radical (unpaired) electrons. The first-order valence-electron chi connectivity index (χ1n) is 11.7. The van der Waals surface area contributed by atoms with E-state index in [4.69, 9.17) is 0 Å². The van der Waals surface area contributed by atoms with Crippen LogP contribution in [0.5, 0.6) is 0 Å². The maximum Gasteiger partial charge on any atom is -0.00992 e. The highest BCUT2D eigenvalue weighted by Gasteiger charge is 2.06. The first-order valence-corrected chi connectivity index (χ1v) is 11.7. The Morgan fingerprint density at radius 3 is 1.62 bits per heavy atom. The fourth-order valence-corrected chi connectivity index (χ4v) is 4.69. The van der Waals surface area contributed by atoms with Crippen molar-refractivity contribution in [2.24, 2.45) is 0 Å². The Hall–Kier alpha value is -4.42. The van der Waals surface area contributed by atoms with Crippen LogP contribution in [0.25, 0.3) is 44.3 Å². The predicted octanol–water partition coefficient (Wildman–Crippen LogP) is 9.25. The Morgan fingerprint density at radius 2 is 0.941 bits per heavy atom. The van der Waals surface area contributed by atoms with Crippen molar-refractivity contribution in [1.29, 1.82) is 0 Å². The number of benzene rings is 6. The predicted molar refractivity (Wildman–Crippen MR) is 147 cm³/mol. The average molecular weight is 433 g/mol. The summed E-state index contributed by atoms with van der Waals surface area (Å²) in [6, 6.07) is 49.9. The Balaban J connectivity index is 1.40. The number of hydrogen-bond acceptors (Lipinski definition) is 0. The highest BCUT2D eigenvalue weighted by Crippen LogP contribution is 2.31. The van der Waals surface area contributed by atoms with Gasteiger partial charge in [-0.25, -0.2) is 0 Å². The van der Waals surface area contributed by atoms with Gasteiger partial charge in [-0.2, -0.15) is 0 Å². The molecule has 6 rings (SSSR count). The molecule has 0 aromatic heterocycles. The molecule has 0 fully saturated rings. The lowest BCUT2D eigenvalue weighted by atomic mass is 9.94. The molecule has 0 heterocycles. The summed E-state index contributed by atoms with van der Waals surface area (Å²) in [4.78, 5) is 0. The van der Waals surface area contributed by atoms with Gasteiger partial charge in [-0.3, -0.25) is 0 Å². The molecule has 0 aliphatic rings. The largest absolute Gasteiger partial charge is 0.0622 e. The molecule has 0 amide bonds. The van der Waals surface area contributed by atoms with Crippen LogP contribution >= 0.6 is 0 Å². The monoisotopic (exact) mass is 432 g/mol. The summed E-state index contributed by atoms with van der Waals surface area (Å²) in [5.41, 5.74) is 7.33. The van der Waals surface area contributed by atoms with Gasteiger partial charge < -0.3 is 0 Å². The van der Waals surface area contributed by atoms with Gasteiger partial charge >= 0.3 is 0 Å². The Labute approximate surface area is 200 Å². The van der Waals surface area contributed by atoms with Crippen LogP contribution in [0.15, 0.2) is 140 Å². The van der Waals surface area contributed by atoms with Gasteiger partial charge in [0.1, 0.15) is 0 Å². The summed E-state index contributed by atoms with van der Waals surface area (Å²) in [6.45, 7) is 0. The molecule has 0 aliphatic carbocycles. The highest BCUT2D eigenvalue weighted by molar-refractivity contribution is 6.08. The van der Waals surface area contributed by atoms with Crippen molar-refractivity contribution in [3.63, 3.8) is 0 Å². The van der Waals surface area contributed by atoms with Crippen molar-refractivity contribution in [3.8, 4) is 11.1 Å². The molecule has 0 heteroatoms. The van der Waals surface area contributed by atoms with E-state index >= 15 is 0 Å². The second kappa shape index (κ2) is 8.84. The minimum Gasteiger partial charge on any atom is -0.0622 e. The van der Waals surface area contributed by atoms with Crippen LogP contribution < -0.4 is 0 Å². The van der Waals surface area contributed by atoms with Crippen molar-refractivity contribution in [3.05, 3.63) is 156 Å². The van der Waals surface area contributed by atoms with Crippen molar-refractivity contribution >= 4 is 33.2 Å². The average Bonchev–Trinajstić information content (AvgIpc) is 2.93. The zero-order chi connectivity index (χ0) is 22.7. The second-order valence-corrected chi connectivity index (χ2v) is 8.63. The molecule has 0 spiro atoms. The van der Waals surface area contributed by atoms with E-state index in [1.165, 1.54) is 54.9 Å². The first kappa shape index (κ1) is 20.2. The standard InChI is InChI=1S/C34H24/c1-3-9-27(10-4-1)33(28-11-5-2-6-12-28)23-25-15-17-26(18-16-25)31-22-21-30-20-19-29-13-7-8-14-32(29)34(30)24-31/h1-24H. The molecule has 6 aromatic rings. The molecule has 0 unspecified atom stereocenters. The minimum absolute atomic E-state index is 1.19. The summed E-state index contributed by atoms with van der Waals surface area (Å²) in [6.07, 6.45) is 2.28. The van der Waals surface area contributed by atoms with E-state index in [0.29, 0.717) is 0 Å². The number of hydrogen-bond donors (Lipinski definition) is 0. The van der Waals surface area contributed by atoms with E-state index in [0.717, 1.165) is 0 Å². The molecule has 0 saturated heterocycles. The molecule has 0 atom stereocenters. The van der Waals surface area contributed by atoms with E-state index in [2.05, 4.69) is 146 Å². The summed E-state index contributed by atoms with van der Waals surface area (Å²) < 4.78 is 0. The smallest absolute Gasteiger partial charge is 0.00992 e. The minimum atomic E-state index is 1.19. The van der Waals surface area contributed by atoms with Crippen molar-refractivity contribution in [2.75, 3.05) is 0 Å². The van der Waals surface area contributed by atoms with Crippen LogP contribution in [-0.4, -0.2) is 0 Å². The van der Waals surface area contributed by atoms with Gasteiger partial charge in [0.2, 0.25) is 0 Å². The van der Waals surface area contributed by atoms with E-state index in [1.807, 2.05) is 0 Å². The van der Waals surface area contributed by atoms with E-state index in [-0.39, 0.29) is 0 Å². The molecule has 0 aliphatic heterocycles. The maximum absolute atomic E-state index is 2.32. The number of fused-ring (bicyclic) bond motifs is 3. The zero-order valence-corrected chi connectivity index (χ0v) is 18.9. The van der Waals surface area contributed by atoms with Crippen LogP contribution in [0.3, 0.4) is 0 Å². The molecule has 0 N–H and O–H groups in total. The summed E-state index contributed by atoms with van der Waals surface area (Å²) in [5.74, 6) is 0. The first-order chi connectivity index (χ1) is 16.8. The van der Waals surface area contributed by atoms with Crippen molar-refractivity contribution in [2.45, 2.75) is 0 Å². The van der Waals surface area contributed by atoms with Crippen LogP contribution in [0, 0.1) is 0 Å². The van der Waals surface area contributed by atoms with E-state index in [9.17, 15) is 0 Å². The highest BCUT2D eigenvalue weighted by atomic mass is 14.1. The fourth-order valence-electron chi connectivity index (χ4n) is 4.69. The number of rotatable bonds is 4. The van der Waals surface area contributed by atoms with Crippen LogP contribution in [0.4, 0.5) is 0 Å². The Morgan fingerprint density at radius 1 is 0.412 bits per heavy atom. The van der Waals surface area contributed by atoms with E-state index < -0.39 is 0 Å². The Kier molecular flexibility index (Phi) is 5.26. The van der Waals surface area contributed by atoms with Gasteiger partial charge in [0, 0.05) is 0 Å². The molecular formula is C34H24. The quantitative estimate of drug-likeness (QED) is 0.192. The lowest BCUT2D eigenvalue weighted by molar-refractivity contribution is 1.55. The van der Waals surface area contributed by atoms with Gasteiger partial charge in [-0.05, 0) is 67.1 Å². The SMILES string of the molecule is C(=C(c1ccccc1)c1ccccc1)c1ccc(-c2ccc3ccc4ccccc4c3c2)cc1. The van der Waals surface area contributed by atoms with Gasteiger partial charge in [-0.15, -0.1) is 0 Å². The molecule has 34 heavy (non-hydrogen) atoms. The summed E-state index contributed by atoms with van der Waals surface area (Å²) in [5, 5.41) is 5.16. The van der Waals surface area contributed by atoms with Gasteiger partial charge in [0.15, 0.2) is 0 Å². The molecule has 0 saturated carbocycles. The van der Waals surface area contributed by atoms with Crippen LogP contribution in [-0.2, 0) is 0 Å². The summed E-state index contributed by atoms with van der Waals surface area (Å²) in [7, 11) is 0. The molecular weight excluding hydrogens is 408 g/mol. The zero-order valence-electron chi connectivity index (χ0n) is 18.9. The third kappa shape index (κ3) is 3.91. The molecule has 160 valence electrons. The fraction of sp³-hybridized carbons (Fsp3) is 0. The maximum atomic E-state index is 2.32. The normalized spacial score (nSPS) is 10.9. The second-order valence-electron chi connectivity index (χ2n) is 8.63. The lowest BCUT2D eigenvalue weighted by Crippen LogP contribution is -1.88. The van der Waals surface area contributed by atoms with Crippen LogP contribution in [0.1, 0.15) is 16.7 Å². The van der Waals surface area contributed by atoms with Crippen LogP contribution in [0.2, 0.25) is 0 Å². The van der Waals surface area contributed by atoms with Gasteiger partial charge in [-0.1, -0.05) is 133 Å². The molecule has 6 aromatic carbocycles. The third-order valence-electron chi connectivity index (χ3n) is 6.47. The van der Waals surface area contributed by atoms with Crippen molar-refractivity contribution < 1.29 is 0 Å². The lowest BCUT2D eigenvalue weighted by Gasteiger charge is -2.10. The van der Waals surface area contributed by atoms with Gasteiger partial charge in [0.25, 0.3) is 0 Å². The molecule has 0 nitrogen and oxygen atoms in total.